The van der Waals surface area contributed by atoms with Crippen molar-refractivity contribution < 1.29 is 14.3 Å². The summed E-state index contributed by atoms with van der Waals surface area (Å²) >= 11 is 0. The highest BCUT2D eigenvalue weighted by Gasteiger charge is 2.22. The van der Waals surface area contributed by atoms with Gasteiger partial charge in [0.05, 0.1) is 6.20 Å². The Morgan fingerprint density at radius 2 is 2.05 bits per heavy atom. The minimum Gasteiger partial charge on any atom is -0.347 e. The van der Waals surface area contributed by atoms with Crippen molar-refractivity contribution in [2.24, 2.45) is 0 Å². The summed E-state index contributed by atoms with van der Waals surface area (Å²) in [6.45, 7) is 6.77. The van der Waals surface area contributed by atoms with Gasteiger partial charge in [-0.2, -0.15) is 0 Å². The van der Waals surface area contributed by atoms with Gasteiger partial charge < -0.3 is 14.4 Å². The molecule has 106 valence electrons. The molecule has 1 saturated heterocycles. The second-order valence-electron chi connectivity index (χ2n) is 4.32. The number of rotatable bonds is 7. The predicted molar refractivity (Wildman–Crippen MR) is 67.2 cm³/mol. The molecule has 0 aliphatic carbocycles. The zero-order valence-corrected chi connectivity index (χ0v) is 11.4. The molecule has 0 bridgehead atoms. The molecule has 1 aromatic rings. The molecule has 7 heteroatoms. The van der Waals surface area contributed by atoms with E-state index in [2.05, 4.69) is 10.3 Å². The maximum absolute atomic E-state index is 11.8. The summed E-state index contributed by atoms with van der Waals surface area (Å²) in [4.78, 5) is 13.6. The van der Waals surface area contributed by atoms with E-state index in [1.807, 2.05) is 18.7 Å². The molecule has 0 radical (unpaired) electrons. The van der Waals surface area contributed by atoms with Crippen LogP contribution in [0.15, 0.2) is 6.20 Å². The summed E-state index contributed by atoms with van der Waals surface area (Å²) in [5.74, 6) is 0.0760. The zero-order valence-electron chi connectivity index (χ0n) is 11.4. The van der Waals surface area contributed by atoms with Crippen molar-refractivity contribution in [3.05, 3.63) is 11.9 Å². The molecular weight excluding hydrogens is 248 g/mol. The van der Waals surface area contributed by atoms with Gasteiger partial charge in [-0.3, -0.25) is 4.79 Å². The lowest BCUT2D eigenvalue weighted by atomic mass is 10.2. The van der Waals surface area contributed by atoms with E-state index in [0.29, 0.717) is 18.9 Å². The summed E-state index contributed by atoms with van der Waals surface area (Å²) in [5, 5.41) is 7.94. The first-order valence-electron chi connectivity index (χ1n) is 6.65. The molecule has 1 aliphatic rings. The van der Waals surface area contributed by atoms with Crippen LogP contribution in [-0.2, 0) is 20.8 Å². The highest BCUT2D eigenvalue weighted by atomic mass is 16.7. The molecule has 7 nitrogen and oxygen atoms in total. The van der Waals surface area contributed by atoms with Crippen LogP contribution in [0.3, 0.4) is 0 Å². The average Bonchev–Trinajstić information content (AvgIpc) is 2.74. The molecule has 1 amide bonds. The van der Waals surface area contributed by atoms with Crippen LogP contribution in [0.1, 0.15) is 32.3 Å². The minimum absolute atomic E-state index is 0.0760. The summed E-state index contributed by atoms with van der Waals surface area (Å²) in [7, 11) is 0. The van der Waals surface area contributed by atoms with Crippen LogP contribution >= 0.6 is 0 Å². The molecule has 2 heterocycles. The summed E-state index contributed by atoms with van der Waals surface area (Å²) in [6, 6.07) is 0. The van der Waals surface area contributed by atoms with Gasteiger partial charge in [0.1, 0.15) is 12.2 Å². The van der Waals surface area contributed by atoms with Gasteiger partial charge in [0.2, 0.25) is 12.2 Å². The maximum atomic E-state index is 11.8. The lowest BCUT2D eigenvalue weighted by Gasteiger charge is -2.30. The fourth-order valence-electron chi connectivity index (χ4n) is 1.82. The maximum Gasteiger partial charge on any atom is 0.244 e. The summed E-state index contributed by atoms with van der Waals surface area (Å²) in [6.07, 6.45) is 2.28. The van der Waals surface area contributed by atoms with Gasteiger partial charge in [0.15, 0.2) is 0 Å². The summed E-state index contributed by atoms with van der Waals surface area (Å²) < 4.78 is 12.4. The van der Waals surface area contributed by atoms with Crippen LogP contribution in [0.4, 0.5) is 0 Å². The number of hydrogen-bond donors (Lipinski definition) is 0. The molecule has 19 heavy (non-hydrogen) atoms. The molecular formula is C12H20N4O3. The van der Waals surface area contributed by atoms with Gasteiger partial charge in [-0.15, -0.1) is 5.10 Å². The van der Waals surface area contributed by atoms with Crippen LogP contribution in [0.2, 0.25) is 0 Å². The molecule has 2 rings (SSSR count). The molecule has 0 atom stereocenters. The number of likely N-dealkylation sites (tertiary alicyclic amines) is 1. The molecule has 0 spiro atoms. The van der Waals surface area contributed by atoms with E-state index in [-0.39, 0.29) is 12.5 Å². The first-order valence-corrected chi connectivity index (χ1v) is 6.65. The van der Waals surface area contributed by atoms with Crippen molar-refractivity contribution in [1.29, 1.82) is 0 Å². The number of hydrogen-bond acceptors (Lipinski definition) is 5. The van der Waals surface area contributed by atoms with Crippen LogP contribution in [0, 0.1) is 0 Å². The third kappa shape index (κ3) is 3.51. The molecule has 0 aromatic carbocycles. The molecule has 0 N–H and O–H groups in total. The smallest absolute Gasteiger partial charge is 0.244 e. The Bertz CT molecular complexity index is 411. The van der Waals surface area contributed by atoms with E-state index in [0.717, 1.165) is 19.5 Å². The topological polar surface area (TPSA) is 69.5 Å². The number of aromatic nitrogens is 3. The fourth-order valence-corrected chi connectivity index (χ4v) is 1.82. The second kappa shape index (κ2) is 6.63. The quantitative estimate of drug-likeness (QED) is 0.677. The molecule has 0 unspecified atom stereocenters. The third-order valence-electron chi connectivity index (χ3n) is 2.94. The first-order chi connectivity index (χ1) is 9.24. The van der Waals surface area contributed by atoms with Crippen molar-refractivity contribution in [3.63, 3.8) is 0 Å². The lowest BCUT2D eigenvalue weighted by molar-refractivity contribution is -0.142. The number of nitrogens with zero attached hydrogens (tertiary/aromatic N) is 4. The van der Waals surface area contributed by atoms with Gasteiger partial charge in [0.25, 0.3) is 0 Å². The molecule has 1 fully saturated rings. The Balaban J connectivity index is 1.94. The van der Waals surface area contributed by atoms with Crippen LogP contribution in [0.25, 0.3) is 0 Å². The van der Waals surface area contributed by atoms with Gasteiger partial charge in [-0.1, -0.05) is 5.21 Å². The van der Waals surface area contributed by atoms with Gasteiger partial charge in [-0.25, -0.2) is 4.68 Å². The van der Waals surface area contributed by atoms with E-state index < -0.39 is 6.29 Å². The minimum atomic E-state index is -0.511. The number of carbonyl (C=O) groups is 1. The Morgan fingerprint density at radius 3 is 2.58 bits per heavy atom. The number of carbonyl (C=O) groups excluding carboxylic acids is 1. The van der Waals surface area contributed by atoms with Gasteiger partial charge in [-0.05, 0) is 20.3 Å². The largest absolute Gasteiger partial charge is 0.347 e. The van der Waals surface area contributed by atoms with Gasteiger partial charge >= 0.3 is 0 Å². The van der Waals surface area contributed by atoms with Crippen LogP contribution < -0.4 is 0 Å². The van der Waals surface area contributed by atoms with Crippen molar-refractivity contribution in [1.82, 2.24) is 19.9 Å². The summed E-state index contributed by atoms with van der Waals surface area (Å²) in [5.41, 5.74) is 0.597. The Labute approximate surface area is 112 Å². The van der Waals surface area contributed by atoms with E-state index in [4.69, 9.17) is 9.47 Å². The van der Waals surface area contributed by atoms with Crippen molar-refractivity contribution in [3.8, 4) is 0 Å². The third-order valence-corrected chi connectivity index (χ3v) is 2.94. The molecule has 1 aliphatic heterocycles. The zero-order chi connectivity index (χ0) is 13.7. The predicted octanol–water partition coefficient (Wildman–Crippen LogP) is 0.582. The lowest BCUT2D eigenvalue weighted by Crippen LogP contribution is -2.43. The van der Waals surface area contributed by atoms with Gasteiger partial charge in [0, 0.05) is 26.3 Å². The molecule has 1 aromatic heterocycles. The van der Waals surface area contributed by atoms with Crippen molar-refractivity contribution in [2.45, 2.75) is 33.1 Å². The molecule has 0 saturated carbocycles. The SMILES string of the molecule is CCOC(OCC)c1cn(CC(=O)N2CCC2)nn1. The standard InChI is InChI=1S/C12H20N4O3/c1-3-18-12(19-4-2)10-8-16(14-13-10)9-11(17)15-6-5-7-15/h8,12H,3-7,9H2,1-2H3. The monoisotopic (exact) mass is 268 g/mol. The Kier molecular flexibility index (Phi) is 4.86. The Hall–Kier alpha value is -1.47. The number of ether oxygens (including phenoxy) is 2. The highest BCUT2D eigenvalue weighted by Crippen LogP contribution is 2.16. The fraction of sp³-hybridized carbons (Fsp3) is 0.750. The van der Waals surface area contributed by atoms with E-state index >= 15 is 0 Å². The van der Waals surface area contributed by atoms with Crippen LogP contribution in [-0.4, -0.2) is 52.1 Å². The van der Waals surface area contributed by atoms with Crippen molar-refractivity contribution in [2.75, 3.05) is 26.3 Å². The van der Waals surface area contributed by atoms with Crippen molar-refractivity contribution >= 4 is 5.91 Å². The Morgan fingerprint density at radius 1 is 1.37 bits per heavy atom. The van der Waals surface area contributed by atoms with E-state index in [1.165, 1.54) is 4.68 Å². The van der Waals surface area contributed by atoms with E-state index in [9.17, 15) is 4.79 Å². The first kappa shape index (κ1) is 14.0. The number of amides is 1. The van der Waals surface area contributed by atoms with Crippen LogP contribution in [0.5, 0.6) is 0 Å². The second-order valence-corrected chi connectivity index (χ2v) is 4.32. The normalized spacial score (nSPS) is 14.8. The average molecular weight is 268 g/mol. The highest BCUT2D eigenvalue weighted by molar-refractivity contribution is 5.76. The van der Waals surface area contributed by atoms with E-state index in [1.54, 1.807) is 6.20 Å².